The fourth-order valence-corrected chi connectivity index (χ4v) is 3.14. The Bertz CT molecular complexity index is 688. The molecule has 26 heavy (non-hydrogen) atoms. The topological polar surface area (TPSA) is 50.8 Å². The Balaban J connectivity index is 1.58. The van der Waals surface area contributed by atoms with Gasteiger partial charge in [0.15, 0.2) is 6.61 Å². The molecule has 1 amide bonds. The van der Waals surface area contributed by atoms with Gasteiger partial charge in [-0.25, -0.2) is 0 Å². The number of hydrogen-bond donors (Lipinski definition) is 1. The molecule has 3 rings (SSSR count). The van der Waals surface area contributed by atoms with Crippen LogP contribution < -0.4 is 10.1 Å². The van der Waals surface area contributed by atoms with E-state index >= 15 is 0 Å². The van der Waals surface area contributed by atoms with Crippen molar-refractivity contribution in [1.29, 1.82) is 0 Å². The number of nitrogens with one attached hydrogen (secondary N) is 1. The zero-order chi connectivity index (χ0) is 18.2. The van der Waals surface area contributed by atoms with Gasteiger partial charge in [-0.3, -0.25) is 9.69 Å². The molecule has 1 saturated heterocycles. The van der Waals surface area contributed by atoms with Gasteiger partial charge in [-0.05, 0) is 29.8 Å². The molecule has 1 aliphatic heterocycles. The highest BCUT2D eigenvalue weighted by Gasteiger charge is 2.20. The molecule has 0 radical (unpaired) electrons. The van der Waals surface area contributed by atoms with Gasteiger partial charge in [0.25, 0.3) is 5.91 Å². The van der Waals surface area contributed by atoms with E-state index in [4.69, 9.17) is 9.47 Å². The van der Waals surface area contributed by atoms with E-state index in [1.807, 2.05) is 54.6 Å². The van der Waals surface area contributed by atoms with E-state index in [1.54, 1.807) is 0 Å². The fourth-order valence-electron chi connectivity index (χ4n) is 2.88. The summed E-state index contributed by atoms with van der Waals surface area (Å²) < 4.78 is 12.0. The summed E-state index contributed by atoms with van der Waals surface area (Å²) in [6.45, 7) is 4.00. The van der Waals surface area contributed by atoms with E-state index in [0.29, 0.717) is 5.75 Å². The first kappa shape index (κ1) is 18.9. The first-order valence-corrected chi connectivity index (χ1v) is 9.53. The fraction of sp³-hybridized carbons (Fsp3) is 0.350. The lowest BCUT2D eigenvalue weighted by molar-refractivity contribution is -0.124. The van der Waals surface area contributed by atoms with Crippen LogP contribution in [0.3, 0.4) is 0 Å². The summed E-state index contributed by atoms with van der Waals surface area (Å²) in [5.74, 6) is 0.544. The molecule has 1 unspecified atom stereocenters. The van der Waals surface area contributed by atoms with Crippen LogP contribution in [0.1, 0.15) is 11.6 Å². The molecular formula is C20H23BrN2O3. The van der Waals surface area contributed by atoms with Crippen LogP contribution >= 0.6 is 15.9 Å². The lowest BCUT2D eigenvalue weighted by Gasteiger charge is -2.31. The Morgan fingerprint density at radius 1 is 1.12 bits per heavy atom. The van der Waals surface area contributed by atoms with Crippen molar-refractivity contribution in [3.63, 3.8) is 0 Å². The summed E-state index contributed by atoms with van der Waals surface area (Å²) in [7, 11) is 0. The predicted octanol–water partition coefficient (Wildman–Crippen LogP) is 3.02. The summed E-state index contributed by atoms with van der Waals surface area (Å²) in [4.78, 5) is 14.7. The lowest BCUT2D eigenvalue weighted by atomic mass is 10.1. The normalized spacial score (nSPS) is 16.0. The number of amides is 1. The molecule has 1 aliphatic rings. The van der Waals surface area contributed by atoms with Crippen molar-refractivity contribution in [2.75, 3.05) is 39.5 Å². The number of benzene rings is 2. The quantitative estimate of drug-likeness (QED) is 0.750. The zero-order valence-electron chi connectivity index (χ0n) is 14.6. The van der Waals surface area contributed by atoms with Gasteiger partial charge in [-0.2, -0.15) is 0 Å². The third-order valence-corrected chi connectivity index (χ3v) is 4.79. The van der Waals surface area contributed by atoms with Crippen LogP contribution in [0.25, 0.3) is 0 Å². The van der Waals surface area contributed by atoms with Gasteiger partial charge >= 0.3 is 0 Å². The molecule has 1 fully saturated rings. The van der Waals surface area contributed by atoms with Crippen LogP contribution in [-0.4, -0.2) is 50.3 Å². The molecule has 6 heteroatoms. The number of nitrogens with zero attached hydrogens (tertiary/aromatic N) is 1. The second-order valence-corrected chi connectivity index (χ2v) is 7.10. The van der Waals surface area contributed by atoms with Crippen molar-refractivity contribution >= 4 is 21.8 Å². The summed E-state index contributed by atoms with van der Waals surface area (Å²) in [5, 5.41) is 3.11. The summed E-state index contributed by atoms with van der Waals surface area (Å²) in [5.41, 5.74) is 1.09. The molecule has 0 spiro atoms. The van der Waals surface area contributed by atoms with Crippen LogP contribution in [0.4, 0.5) is 0 Å². The van der Waals surface area contributed by atoms with Gasteiger partial charge < -0.3 is 14.8 Å². The second-order valence-electron chi connectivity index (χ2n) is 6.19. The standard InChI is InChI=1S/C20H23BrN2O3/c21-17-6-8-18(9-7-17)26-15-20(24)22-19(16-4-2-1-3-5-16)14-23-10-12-25-13-11-23/h1-9,19H,10-15H2,(H,22,24). The van der Waals surface area contributed by atoms with Crippen LogP contribution in [0.15, 0.2) is 59.1 Å². The maximum Gasteiger partial charge on any atom is 0.258 e. The van der Waals surface area contributed by atoms with Gasteiger partial charge in [-0.1, -0.05) is 46.3 Å². The van der Waals surface area contributed by atoms with E-state index in [0.717, 1.165) is 42.9 Å². The number of carbonyl (C=O) groups excluding carboxylic acids is 1. The average Bonchev–Trinajstić information content (AvgIpc) is 2.68. The summed E-state index contributed by atoms with van der Waals surface area (Å²) in [6, 6.07) is 17.4. The van der Waals surface area contributed by atoms with Crippen LogP contribution in [0.2, 0.25) is 0 Å². The Labute approximate surface area is 162 Å². The predicted molar refractivity (Wildman–Crippen MR) is 104 cm³/mol. The highest BCUT2D eigenvalue weighted by molar-refractivity contribution is 9.10. The van der Waals surface area contributed by atoms with Crippen LogP contribution in [-0.2, 0) is 9.53 Å². The number of rotatable bonds is 7. The third-order valence-electron chi connectivity index (χ3n) is 4.27. The van der Waals surface area contributed by atoms with Crippen LogP contribution in [0, 0.1) is 0 Å². The summed E-state index contributed by atoms with van der Waals surface area (Å²) >= 11 is 3.38. The van der Waals surface area contributed by atoms with Gasteiger partial charge in [0.05, 0.1) is 19.3 Å². The molecule has 0 bridgehead atoms. The van der Waals surface area contributed by atoms with Crippen molar-refractivity contribution in [3.05, 3.63) is 64.6 Å². The van der Waals surface area contributed by atoms with Gasteiger partial charge in [0, 0.05) is 24.1 Å². The van der Waals surface area contributed by atoms with Crippen molar-refractivity contribution in [3.8, 4) is 5.75 Å². The minimum absolute atomic E-state index is 0.00588. The number of ether oxygens (including phenoxy) is 2. The maximum absolute atomic E-state index is 12.4. The molecule has 1 heterocycles. The average molecular weight is 419 g/mol. The molecule has 5 nitrogen and oxygen atoms in total. The van der Waals surface area contributed by atoms with E-state index < -0.39 is 0 Å². The molecular weight excluding hydrogens is 396 g/mol. The number of halogens is 1. The Morgan fingerprint density at radius 2 is 1.81 bits per heavy atom. The minimum atomic E-state index is -0.130. The Hall–Kier alpha value is -1.89. The van der Waals surface area contributed by atoms with Gasteiger partial charge in [-0.15, -0.1) is 0 Å². The van der Waals surface area contributed by atoms with Crippen molar-refractivity contribution < 1.29 is 14.3 Å². The lowest BCUT2D eigenvalue weighted by Crippen LogP contribution is -2.44. The molecule has 0 aromatic heterocycles. The van der Waals surface area contributed by atoms with Crippen molar-refractivity contribution in [2.45, 2.75) is 6.04 Å². The first-order chi connectivity index (χ1) is 12.7. The summed E-state index contributed by atoms with van der Waals surface area (Å²) in [6.07, 6.45) is 0. The SMILES string of the molecule is O=C(COc1ccc(Br)cc1)NC(CN1CCOCC1)c1ccccc1. The molecule has 1 N–H and O–H groups in total. The van der Waals surface area contributed by atoms with Crippen molar-refractivity contribution in [2.24, 2.45) is 0 Å². The molecule has 138 valence electrons. The monoisotopic (exact) mass is 418 g/mol. The van der Waals surface area contributed by atoms with Gasteiger partial charge in [0.2, 0.25) is 0 Å². The number of morpholine rings is 1. The minimum Gasteiger partial charge on any atom is -0.484 e. The van der Waals surface area contributed by atoms with Crippen molar-refractivity contribution in [1.82, 2.24) is 10.2 Å². The number of carbonyl (C=O) groups is 1. The van der Waals surface area contributed by atoms with E-state index in [-0.39, 0.29) is 18.6 Å². The third kappa shape index (κ3) is 5.83. The first-order valence-electron chi connectivity index (χ1n) is 8.73. The number of hydrogen-bond acceptors (Lipinski definition) is 4. The van der Waals surface area contributed by atoms with Gasteiger partial charge in [0.1, 0.15) is 5.75 Å². The van der Waals surface area contributed by atoms with E-state index in [1.165, 1.54) is 0 Å². The largest absolute Gasteiger partial charge is 0.484 e. The maximum atomic E-state index is 12.4. The molecule has 1 atom stereocenters. The molecule has 0 aliphatic carbocycles. The zero-order valence-corrected chi connectivity index (χ0v) is 16.2. The van der Waals surface area contributed by atoms with Crippen LogP contribution in [0.5, 0.6) is 5.75 Å². The highest BCUT2D eigenvalue weighted by atomic mass is 79.9. The second kappa shape index (κ2) is 9.71. The Kier molecular flexibility index (Phi) is 7.05. The van der Waals surface area contributed by atoms with E-state index in [2.05, 4.69) is 26.1 Å². The highest BCUT2D eigenvalue weighted by Crippen LogP contribution is 2.17. The molecule has 2 aromatic carbocycles. The smallest absolute Gasteiger partial charge is 0.258 e. The Morgan fingerprint density at radius 3 is 2.50 bits per heavy atom. The van der Waals surface area contributed by atoms with E-state index in [9.17, 15) is 4.79 Å². The molecule has 2 aromatic rings. The molecule has 0 saturated carbocycles.